The largest absolute Gasteiger partial charge is 0.436 e. The van der Waals surface area contributed by atoms with E-state index in [1.165, 1.54) is 0 Å². The summed E-state index contributed by atoms with van der Waals surface area (Å²) in [6.45, 7) is 0. The first kappa shape index (κ1) is 11.3. The van der Waals surface area contributed by atoms with Crippen LogP contribution in [0.3, 0.4) is 0 Å². The minimum atomic E-state index is -0.663. The molecule has 0 aliphatic rings. The Kier molecular flexibility index (Phi) is 3.36. The quantitative estimate of drug-likeness (QED) is 0.791. The van der Waals surface area contributed by atoms with E-state index in [9.17, 15) is 4.39 Å². The third-order valence-electron chi connectivity index (χ3n) is 1.69. The van der Waals surface area contributed by atoms with Gasteiger partial charge >= 0.3 is 0 Å². The molecule has 0 spiro atoms. The van der Waals surface area contributed by atoms with Crippen LogP contribution in [0.15, 0.2) is 34.9 Å². The molecule has 0 amide bonds. The van der Waals surface area contributed by atoms with Crippen LogP contribution in [0.1, 0.15) is 0 Å². The molecule has 0 saturated carbocycles. The molecule has 2 rings (SSSR count). The van der Waals surface area contributed by atoms with Gasteiger partial charge in [0.1, 0.15) is 5.75 Å². The summed E-state index contributed by atoms with van der Waals surface area (Å²) in [5.41, 5.74) is 0. The molecule has 3 nitrogen and oxygen atoms in total. The van der Waals surface area contributed by atoms with Crippen molar-refractivity contribution >= 4 is 27.5 Å². The standard InChI is InChI=1S/C10H5BrClFN2O/c11-6-2-1-3-7(4-6)16-9-8(13)5-14-10(12)15-9/h1-5H. The van der Waals surface area contributed by atoms with E-state index in [-0.39, 0.29) is 11.2 Å². The molecule has 0 saturated heterocycles. The van der Waals surface area contributed by atoms with Gasteiger partial charge in [0.25, 0.3) is 5.88 Å². The molecule has 0 fully saturated rings. The summed E-state index contributed by atoms with van der Waals surface area (Å²) in [7, 11) is 0. The van der Waals surface area contributed by atoms with Gasteiger partial charge in [-0.2, -0.15) is 9.37 Å². The molecule has 0 aliphatic carbocycles. The molecule has 0 N–H and O–H groups in total. The highest BCUT2D eigenvalue weighted by Gasteiger charge is 2.08. The van der Waals surface area contributed by atoms with Crippen LogP contribution < -0.4 is 4.74 Å². The molecule has 82 valence electrons. The van der Waals surface area contributed by atoms with Gasteiger partial charge < -0.3 is 4.74 Å². The Morgan fingerprint density at radius 1 is 1.38 bits per heavy atom. The van der Waals surface area contributed by atoms with Crippen LogP contribution in [0.5, 0.6) is 11.6 Å². The second kappa shape index (κ2) is 4.76. The van der Waals surface area contributed by atoms with Crippen molar-refractivity contribution < 1.29 is 9.13 Å². The lowest BCUT2D eigenvalue weighted by molar-refractivity contribution is 0.419. The van der Waals surface area contributed by atoms with Gasteiger partial charge in [-0.05, 0) is 29.8 Å². The Morgan fingerprint density at radius 3 is 2.94 bits per heavy atom. The highest BCUT2D eigenvalue weighted by atomic mass is 79.9. The first-order valence-electron chi connectivity index (χ1n) is 4.26. The van der Waals surface area contributed by atoms with Gasteiger partial charge in [-0.15, -0.1) is 0 Å². The maximum absolute atomic E-state index is 13.2. The SMILES string of the molecule is Fc1cnc(Cl)nc1Oc1cccc(Br)c1. The number of benzene rings is 1. The van der Waals surface area contributed by atoms with Crippen LogP contribution in [0.4, 0.5) is 4.39 Å². The number of rotatable bonds is 2. The summed E-state index contributed by atoms with van der Waals surface area (Å²) >= 11 is 8.81. The lowest BCUT2D eigenvalue weighted by Crippen LogP contribution is -1.94. The molecular formula is C10H5BrClFN2O. The highest BCUT2D eigenvalue weighted by Crippen LogP contribution is 2.25. The second-order valence-electron chi connectivity index (χ2n) is 2.85. The molecule has 2 aromatic rings. The van der Waals surface area contributed by atoms with Gasteiger partial charge in [-0.1, -0.05) is 22.0 Å². The van der Waals surface area contributed by atoms with E-state index in [2.05, 4.69) is 25.9 Å². The zero-order valence-electron chi connectivity index (χ0n) is 7.82. The second-order valence-corrected chi connectivity index (χ2v) is 4.11. The molecule has 0 bridgehead atoms. The molecule has 1 aromatic heterocycles. The van der Waals surface area contributed by atoms with Crippen molar-refractivity contribution in [3.05, 3.63) is 46.0 Å². The fraction of sp³-hybridized carbons (Fsp3) is 0. The third-order valence-corrected chi connectivity index (χ3v) is 2.37. The Morgan fingerprint density at radius 2 is 2.19 bits per heavy atom. The van der Waals surface area contributed by atoms with Crippen LogP contribution in [-0.2, 0) is 0 Å². The summed E-state index contributed by atoms with van der Waals surface area (Å²) < 4.78 is 19.3. The predicted molar refractivity (Wildman–Crippen MR) is 61.2 cm³/mol. The van der Waals surface area contributed by atoms with Crippen molar-refractivity contribution in [2.24, 2.45) is 0 Å². The number of ether oxygens (including phenoxy) is 1. The lowest BCUT2D eigenvalue weighted by Gasteiger charge is -2.05. The molecule has 6 heteroatoms. The highest BCUT2D eigenvalue weighted by molar-refractivity contribution is 9.10. The normalized spacial score (nSPS) is 10.2. The fourth-order valence-electron chi connectivity index (χ4n) is 1.04. The van der Waals surface area contributed by atoms with Crippen molar-refractivity contribution in [1.29, 1.82) is 0 Å². The van der Waals surface area contributed by atoms with E-state index >= 15 is 0 Å². The van der Waals surface area contributed by atoms with Gasteiger partial charge in [0.15, 0.2) is 0 Å². The molecule has 16 heavy (non-hydrogen) atoms. The first-order valence-corrected chi connectivity index (χ1v) is 5.44. The van der Waals surface area contributed by atoms with Crippen LogP contribution >= 0.6 is 27.5 Å². The van der Waals surface area contributed by atoms with Gasteiger partial charge in [0, 0.05) is 4.47 Å². The van der Waals surface area contributed by atoms with E-state index in [0.29, 0.717) is 5.75 Å². The van der Waals surface area contributed by atoms with Crippen molar-refractivity contribution in [2.75, 3.05) is 0 Å². The topological polar surface area (TPSA) is 35.0 Å². The van der Waals surface area contributed by atoms with Crippen molar-refractivity contribution in [2.45, 2.75) is 0 Å². The number of nitrogens with zero attached hydrogens (tertiary/aromatic N) is 2. The molecule has 0 radical (unpaired) electrons. The molecule has 0 unspecified atom stereocenters. The summed E-state index contributed by atoms with van der Waals surface area (Å²) in [5, 5.41) is -0.0635. The Balaban J connectivity index is 2.30. The molecule has 0 atom stereocenters. The van der Waals surface area contributed by atoms with Crippen LogP contribution in [0, 0.1) is 5.82 Å². The average molecular weight is 304 g/mol. The zero-order chi connectivity index (χ0) is 11.5. The Labute approximate surface area is 104 Å². The molecular weight excluding hydrogens is 298 g/mol. The zero-order valence-corrected chi connectivity index (χ0v) is 10.2. The Hall–Kier alpha value is -1.20. The van der Waals surface area contributed by atoms with Crippen molar-refractivity contribution in [3.8, 4) is 11.6 Å². The third kappa shape index (κ3) is 2.68. The van der Waals surface area contributed by atoms with E-state index in [0.717, 1.165) is 10.7 Å². The predicted octanol–water partition coefficient (Wildman–Crippen LogP) is 3.82. The maximum atomic E-state index is 13.2. The van der Waals surface area contributed by atoms with E-state index < -0.39 is 5.82 Å². The summed E-state index contributed by atoms with van der Waals surface area (Å²) in [4.78, 5) is 7.13. The minimum Gasteiger partial charge on any atom is -0.436 e. The lowest BCUT2D eigenvalue weighted by atomic mass is 10.3. The summed E-state index contributed by atoms with van der Waals surface area (Å²) in [6, 6.07) is 6.96. The monoisotopic (exact) mass is 302 g/mol. The summed E-state index contributed by atoms with van der Waals surface area (Å²) in [6.07, 6.45) is 0.961. The smallest absolute Gasteiger partial charge is 0.260 e. The fourth-order valence-corrected chi connectivity index (χ4v) is 1.55. The number of aromatic nitrogens is 2. The first-order chi connectivity index (χ1) is 7.65. The molecule has 1 heterocycles. The number of halogens is 3. The van der Waals surface area contributed by atoms with Crippen molar-refractivity contribution in [1.82, 2.24) is 9.97 Å². The maximum Gasteiger partial charge on any atom is 0.260 e. The van der Waals surface area contributed by atoms with Crippen LogP contribution in [-0.4, -0.2) is 9.97 Å². The van der Waals surface area contributed by atoms with Crippen LogP contribution in [0.2, 0.25) is 5.28 Å². The van der Waals surface area contributed by atoms with Gasteiger partial charge in [0.2, 0.25) is 11.1 Å². The Bertz CT molecular complexity index is 524. The number of hydrogen-bond acceptors (Lipinski definition) is 3. The molecule has 0 aliphatic heterocycles. The van der Waals surface area contributed by atoms with Crippen LogP contribution in [0.25, 0.3) is 0 Å². The number of hydrogen-bond donors (Lipinski definition) is 0. The van der Waals surface area contributed by atoms with E-state index in [4.69, 9.17) is 16.3 Å². The van der Waals surface area contributed by atoms with Crippen molar-refractivity contribution in [3.63, 3.8) is 0 Å². The van der Waals surface area contributed by atoms with Gasteiger partial charge in [-0.25, -0.2) is 4.98 Å². The molecule has 1 aromatic carbocycles. The van der Waals surface area contributed by atoms with Gasteiger partial charge in [0.05, 0.1) is 6.20 Å². The summed E-state index contributed by atoms with van der Waals surface area (Å²) in [5.74, 6) is -0.398. The van der Waals surface area contributed by atoms with E-state index in [1.807, 2.05) is 6.07 Å². The van der Waals surface area contributed by atoms with E-state index in [1.54, 1.807) is 18.2 Å². The minimum absolute atomic E-state index is 0.0635. The average Bonchev–Trinajstić information content (AvgIpc) is 2.24. The van der Waals surface area contributed by atoms with Gasteiger partial charge in [-0.3, -0.25) is 0 Å².